The van der Waals surface area contributed by atoms with Crippen molar-refractivity contribution >= 4 is 85.8 Å². The molecule has 4 nitrogen and oxygen atoms in total. The summed E-state index contributed by atoms with van der Waals surface area (Å²) in [6.45, 7) is 0. The molecule has 8 aromatic carbocycles. The number of fused-ring (bicyclic) bond motifs is 11. The summed E-state index contributed by atoms with van der Waals surface area (Å²) in [5.74, 6) is 1.90. The Kier molecular flexibility index (Phi) is 5.80. The monoisotopic (exact) mass is 655 g/mol. The van der Waals surface area contributed by atoms with Crippen molar-refractivity contribution in [2.45, 2.75) is 0 Å². The molecular formula is C45H25N3OS. The van der Waals surface area contributed by atoms with Crippen LogP contribution < -0.4 is 0 Å². The number of rotatable bonds is 3. The van der Waals surface area contributed by atoms with Crippen molar-refractivity contribution in [1.29, 1.82) is 0 Å². The highest BCUT2D eigenvalue weighted by Crippen LogP contribution is 2.38. The van der Waals surface area contributed by atoms with E-state index in [-0.39, 0.29) is 0 Å². The maximum absolute atomic E-state index is 6.14. The van der Waals surface area contributed by atoms with Crippen LogP contribution in [0.25, 0.3) is 109 Å². The van der Waals surface area contributed by atoms with Crippen LogP contribution in [0.2, 0.25) is 0 Å². The summed E-state index contributed by atoms with van der Waals surface area (Å²) < 4.78 is 8.66. The standard InChI is InChI=1S/C45H25N3OS/c1-2-8-31-26(7-1)13-19-34-32-18-15-28(23-27(32)14-20-33(31)34)43-46-44(29-16-21-40-37(24-29)35-9-3-5-11-39(35)49-40)48-45(47-43)30-17-22-42-38(25-30)36-10-4-6-12-41(36)50-42/h1-25H. The fourth-order valence-electron chi connectivity index (χ4n) is 7.46. The normalized spacial score (nSPS) is 12.0. The summed E-state index contributed by atoms with van der Waals surface area (Å²) in [4.78, 5) is 15.4. The summed E-state index contributed by atoms with van der Waals surface area (Å²) in [6.07, 6.45) is 0. The number of hydrogen-bond donors (Lipinski definition) is 0. The Morgan fingerprint density at radius 2 is 0.880 bits per heavy atom. The Morgan fingerprint density at radius 1 is 0.340 bits per heavy atom. The molecule has 0 aliphatic heterocycles. The second kappa shape index (κ2) is 10.5. The van der Waals surface area contributed by atoms with Crippen molar-refractivity contribution < 1.29 is 4.42 Å². The predicted octanol–water partition coefficient (Wildman–Crippen LogP) is 12.6. The van der Waals surface area contributed by atoms with Crippen LogP contribution in [0, 0.1) is 0 Å². The van der Waals surface area contributed by atoms with E-state index in [4.69, 9.17) is 19.4 Å². The van der Waals surface area contributed by atoms with Gasteiger partial charge in [-0.25, -0.2) is 15.0 Å². The third-order valence-electron chi connectivity index (χ3n) is 9.91. The van der Waals surface area contributed by atoms with E-state index >= 15 is 0 Å². The topological polar surface area (TPSA) is 51.8 Å². The molecule has 0 unspecified atom stereocenters. The van der Waals surface area contributed by atoms with Crippen LogP contribution in [0.15, 0.2) is 156 Å². The number of furan rings is 1. The van der Waals surface area contributed by atoms with Crippen LogP contribution in [0.5, 0.6) is 0 Å². The molecule has 3 heterocycles. The zero-order valence-electron chi connectivity index (χ0n) is 26.6. The van der Waals surface area contributed by atoms with Crippen molar-refractivity contribution in [2.24, 2.45) is 0 Å². The molecule has 0 amide bonds. The number of hydrogen-bond acceptors (Lipinski definition) is 5. The van der Waals surface area contributed by atoms with E-state index in [1.807, 2.05) is 41.7 Å². The average Bonchev–Trinajstić information content (AvgIpc) is 3.75. The van der Waals surface area contributed by atoms with Crippen LogP contribution >= 0.6 is 11.3 Å². The zero-order chi connectivity index (χ0) is 32.8. The lowest BCUT2D eigenvalue weighted by Crippen LogP contribution is -2.00. The van der Waals surface area contributed by atoms with E-state index in [2.05, 4.69) is 121 Å². The molecule has 0 aliphatic rings. The zero-order valence-corrected chi connectivity index (χ0v) is 27.4. The molecule has 232 valence electrons. The van der Waals surface area contributed by atoms with E-state index in [1.165, 1.54) is 47.1 Å². The SMILES string of the molecule is c1ccc2c(c1)ccc1c3ccc(-c4nc(-c5ccc6oc7ccccc7c6c5)nc(-c5ccc6sc7ccccc7c6c5)n4)cc3ccc21. The molecule has 11 aromatic rings. The van der Waals surface area contributed by atoms with Crippen molar-refractivity contribution in [3.8, 4) is 34.2 Å². The van der Waals surface area contributed by atoms with Gasteiger partial charge in [-0.05, 0) is 86.9 Å². The average molecular weight is 656 g/mol. The molecular weight excluding hydrogens is 631 g/mol. The molecule has 0 atom stereocenters. The van der Waals surface area contributed by atoms with Gasteiger partial charge in [0.1, 0.15) is 11.2 Å². The fourth-order valence-corrected chi connectivity index (χ4v) is 8.55. The number of nitrogens with zero attached hydrogens (tertiary/aromatic N) is 3. The van der Waals surface area contributed by atoms with Crippen LogP contribution in [0.1, 0.15) is 0 Å². The first-order valence-corrected chi connectivity index (χ1v) is 17.5. The van der Waals surface area contributed by atoms with E-state index in [1.54, 1.807) is 0 Å². The summed E-state index contributed by atoms with van der Waals surface area (Å²) >= 11 is 1.81. The van der Waals surface area contributed by atoms with Gasteiger partial charge >= 0.3 is 0 Å². The van der Waals surface area contributed by atoms with E-state index in [0.29, 0.717) is 17.5 Å². The predicted molar refractivity (Wildman–Crippen MR) is 209 cm³/mol. The van der Waals surface area contributed by atoms with Gasteiger partial charge in [-0.1, -0.05) is 97.1 Å². The van der Waals surface area contributed by atoms with Gasteiger partial charge in [-0.2, -0.15) is 0 Å². The third kappa shape index (κ3) is 4.20. The van der Waals surface area contributed by atoms with Gasteiger partial charge in [0, 0.05) is 47.6 Å². The van der Waals surface area contributed by atoms with Crippen molar-refractivity contribution in [3.63, 3.8) is 0 Å². The van der Waals surface area contributed by atoms with E-state index < -0.39 is 0 Å². The van der Waals surface area contributed by atoms with Crippen LogP contribution in [-0.2, 0) is 0 Å². The third-order valence-corrected chi connectivity index (χ3v) is 11.1. The molecule has 0 saturated heterocycles. The van der Waals surface area contributed by atoms with E-state index in [0.717, 1.165) is 44.0 Å². The molecule has 3 aromatic heterocycles. The quantitative estimate of drug-likeness (QED) is 0.178. The van der Waals surface area contributed by atoms with Crippen molar-refractivity contribution in [1.82, 2.24) is 15.0 Å². The second-order valence-corrected chi connectivity index (χ2v) is 13.9. The first-order valence-electron chi connectivity index (χ1n) is 16.7. The largest absolute Gasteiger partial charge is 0.456 e. The highest BCUT2D eigenvalue weighted by atomic mass is 32.1. The highest BCUT2D eigenvalue weighted by molar-refractivity contribution is 7.25. The fraction of sp³-hybridized carbons (Fsp3) is 0. The summed E-state index contributed by atoms with van der Waals surface area (Å²) in [5, 5.41) is 11.9. The summed E-state index contributed by atoms with van der Waals surface area (Å²) in [7, 11) is 0. The van der Waals surface area contributed by atoms with Gasteiger partial charge in [0.25, 0.3) is 0 Å². The van der Waals surface area contributed by atoms with Gasteiger partial charge in [-0.15, -0.1) is 11.3 Å². The lowest BCUT2D eigenvalue weighted by Gasteiger charge is -2.11. The Labute approximate surface area is 289 Å². The van der Waals surface area contributed by atoms with E-state index in [9.17, 15) is 0 Å². The van der Waals surface area contributed by atoms with Crippen molar-refractivity contribution in [3.05, 3.63) is 152 Å². The molecule has 0 radical (unpaired) electrons. The highest BCUT2D eigenvalue weighted by Gasteiger charge is 2.17. The van der Waals surface area contributed by atoms with Crippen LogP contribution in [-0.4, -0.2) is 15.0 Å². The molecule has 50 heavy (non-hydrogen) atoms. The molecule has 0 fully saturated rings. The van der Waals surface area contributed by atoms with Crippen LogP contribution in [0.3, 0.4) is 0 Å². The van der Waals surface area contributed by atoms with Gasteiger partial charge in [-0.3, -0.25) is 0 Å². The minimum Gasteiger partial charge on any atom is -0.456 e. The number of thiophene rings is 1. The molecule has 0 spiro atoms. The lowest BCUT2D eigenvalue weighted by molar-refractivity contribution is 0.669. The molecule has 5 heteroatoms. The smallest absolute Gasteiger partial charge is 0.164 e. The van der Waals surface area contributed by atoms with Crippen LogP contribution in [0.4, 0.5) is 0 Å². The van der Waals surface area contributed by atoms with Gasteiger partial charge in [0.15, 0.2) is 17.5 Å². The number of aromatic nitrogens is 3. The Hall–Kier alpha value is -6.43. The minimum atomic E-state index is 0.623. The minimum absolute atomic E-state index is 0.623. The molecule has 0 saturated carbocycles. The lowest BCUT2D eigenvalue weighted by atomic mass is 9.96. The summed E-state index contributed by atoms with van der Waals surface area (Å²) in [5.41, 5.74) is 4.52. The first-order chi connectivity index (χ1) is 24.7. The van der Waals surface area contributed by atoms with Gasteiger partial charge in [0.05, 0.1) is 0 Å². The molecule has 0 bridgehead atoms. The van der Waals surface area contributed by atoms with Gasteiger partial charge < -0.3 is 4.42 Å². The summed E-state index contributed by atoms with van der Waals surface area (Å²) in [6, 6.07) is 53.4. The maximum Gasteiger partial charge on any atom is 0.164 e. The Balaban J connectivity index is 1.12. The van der Waals surface area contributed by atoms with Crippen molar-refractivity contribution in [2.75, 3.05) is 0 Å². The van der Waals surface area contributed by atoms with Gasteiger partial charge in [0.2, 0.25) is 0 Å². The Bertz CT molecular complexity index is 3040. The molecule has 0 aliphatic carbocycles. The Morgan fingerprint density at radius 3 is 1.70 bits per heavy atom. The number of para-hydroxylation sites is 1. The number of benzene rings is 8. The maximum atomic E-state index is 6.14. The molecule has 0 N–H and O–H groups in total. The first kappa shape index (κ1) is 27.5. The molecule has 11 rings (SSSR count). The second-order valence-electron chi connectivity index (χ2n) is 12.8.